The molecule has 12 heteroatoms. The molecule has 0 radical (unpaired) electrons. The average molecular weight is 420 g/mol. The van der Waals surface area contributed by atoms with Crippen molar-refractivity contribution in [1.82, 2.24) is 8.87 Å². The molecule has 11 nitrogen and oxygen atoms in total. The Balaban J connectivity index is 1.91. The van der Waals surface area contributed by atoms with Gasteiger partial charge in [-0.3, -0.25) is 19.5 Å². The van der Waals surface area contributed by atoms with Crippen molar-refractivity contribution in [2.24, 2.45) is 0 Å². The third kappa shape index (κ3) is 3.88. The van der Waals surface area contributed by atoms with Gasteiger partial charge in [-0.1, -0.05) is 12.1 Å². The summed E-state index contributed by atoms with van der Waals surface area (Å²) in [4.78, 5) is 34.6. The number of para-hydroxylation sites is 1. The molecule has 0 aliphatic heterocycles. The van der Waals surface area contributed by atoms with E-state index in [4.69, 9.17) is 4.42 Å². The van der Waals surface area contributed by atoms with E-state index >= 15 is 0 Å². The van der Waals surface area contributed by atoms with Crippen LogP contribution in [-0.4, -0.2) is 42.2 Å². The molecule has 1 N–H and O–H groups in total. The highest BCUT2D eigenvalue weighted by molar-refractivity contribution is 7.89. The maximum Gasteiger partial charge on any atom is 0.420 e. The number of anilines is 1. The number of hydrogen-bond donors (Lipinski definition) is 1. The number of fused-ring (bicyclic) bond motifs is 1. The summed E-state index contributed by atoms with van der Waals surface area (Å²) < 4.78 is 31.8. The van der Waals surface area contributed by atoms with Crippen molar-refractivity contribution < 1.29 is 22.6 Å². The van der Waals surface area contributed by atoms with Crippen LogP contribution in [0.3, 0.4) is 0 Å². The average Bonchev–Trinajstić information content (AvgIpc) is 2.96. The number of benzene rings is 2. The molecule has 1 amide bonds. The van der Waals surface area contributed by atoms with Gasteiger partial charge in [-0.2, -0.15) is 0 Å². The zero-order valence-corrected chi connectivity index (χ0v) is 16.2. The Morgan fingerprint density at radius 3 is 2.59 bits per heavy atom. The molecule has 0 fully saturated rings. The minimum atomic E-state index is -3.80. The quantitative estimate of drug-likeness (QED) is 0.468. The van der Waals surface area contributed by atoms with E-state index in [1.165, 1.54) is 44.4 Å². The molecule has 0 saturated carbocycles. The minimum Gasteiger partial charge on any atom is -0.407 e. The molecule has 0 bridgehead atoms. The predicted molar refractivity (Wildman–Crippen MR) is 103 cm³/mol. The van der Waals surface area contributed by atoms with Gasteiger partial charge in [0.15, 0.2) is 5.58 Å². The van der Waals surface area contributed by atoms with E-state index in [-0.39, 0.29) is 27.4 Å². The Kier molecular flexibility index (Phi) is 5.22. The molecule has 152 valence electrons. The van der Waals surface area contributed by atoms with Crippen molar-refractivity contribution in [2.45, 2.75) is 11.4 Å². The second-order valence-electron chi connectivity index (χ2n) is 6.20. The molecule has 3 rings (SSSR count). The molecule has 1 aromatic heterocycles. The van der Waals surface area contributed by atoms with Crippen molar-refractivity contribution >= 4 is 38.4 Å². The van der Waals surface area contributed by atoms with Crippen molar-refractivity contribution in [3.8, 4) is 0 Å². The van der Waals surface area contributed by atoms with E-state index in [0.29, 0.717) is 0 Å². The summed E-state index contributed by atoms with van der Waals surface area (Å²) in [5.74, 6) is -1.54. The van der Waals surface area contributed by atoms with Crippen molar-refractivity contribution in [3.63, 3.8) is 0 Å². The Labute approximate surface area is 164 Å². The monoisotopic (exact) mass is 420 g/mol. The maximum absolute atomic E-state index is 12.5. The summed E-state index contributed by atoms with van der Waals surface area (Å²) in [7, 11) is -1.07. The standard InChI is InChI=1S/C17H16N4O7S/c1-19(2)29(26,27)15-6-4-3-5-12(15)18-16(22)10-20-13-8-7-11(21(24)25)9-14(13)28-17(20)23/h3-9H,10H2,1-2H3,(H,18,22). The lowest BCUT2D eigenvalue weighted by Crippen LogP contribution is -2.27. The van der Waals surface area contributed by atoms with Gasteiger partial charge in [0.25, 0.3) is 5.69 Å². The van der Waals surface area contributed by atoms with Crippen LogP contribution in [0.2, 0.25) is 0 Å². The Hall–Kier alpha value is -3.51. The topological polar surface area (TPSA) is 145 Å². The first-order valence-corrected chi connectivity index (χ1v) is 9.64. The number of carbonyl (C=O) groups is 1. The number of sulfonamides is 1. The van der Waals surface area contributed by atoms with Crippen molar-refractivity contribution in [2.75, 3.05) is 19.4 Å². The molecule has 1 heterocycles. The number of aromatic nitrogens is 1. The first kappa shape index (κ1) is 20.2. The van der Waals surface area contributed by atoms with Gasteiger partial charge >= 0.3 is 5.76 Å². The van der Waals surface area contributed by atoms with Gasteiger partial charge in [0.1, 0.15) is 11.4 Å². The minimum absolute atomic E-state index is 0.0346. The van der Waals surface area contributed by atoms with Crippen LogP contribution in [0.4, 0.5) is 11.4 Å². The van der Waals surface area contributed by atoms with Crippen LogP contribution in [0.15, 0.2) is 56.6 Å². The first-order valence-electron chi connectivity index (χ1n) is 8.20. The fraction of sp³-hybridized carbons (Fsp3) is 0.176. The normalized spacial score (nSPS) is 11.7. The fourth-order valence-electron chi connectivity index (χ4n) is 2.64. The Morgan fingerprint density at radius 1 is 1.24 bits per heavy atom. The molecule has 2 aromatic carbocycles. The third-order valence-electron chi connectivity index (χ3n) is 4.08. The van der Waals surface area contributed by atoms with Crippen LogP contribution < -0.4 is 11.1 Å². The third-order valence-corrected chi connectivity index (χ3v) is 5.96. The number of nitrogens with one attached hydrogen (secondary N) is 1. The van der Waals surface area contributed by atoms with Crippen LogP contribution in [0.5, 0.6) is 0 Å². The van der Waals surface area contributed by atoms with Crippen LogP contribution in [0, 0.1) is 10.1 Å². The van der Waals surface area contributed by atoms with Gasteiger partial charge in [-0.25, -0.2) is 17.5 Å². The number of nitrogens with zero attached hydrogens (tertiary/aromatic N) is 3. The molecule has 0 unspecified atom stereocenters. The molecule has 3 aromatic rings. The van der Waals surface area contributed by atoms with E-state index in [2.05, 4.69) is 5.32 Å². The molecule has 0 spiro atoms. The zero-order valence-electron chi connectivity index (χ0n) is 15.4. The highest BCUT2D eigenvalue weighted by Crippen LogP contribution is 2.24. The number of amides is 1. The van der Waals surface area contributed by atoms with E-state index in [9.17, 15) is 28.1 Å². The second kappa shape index (κ2) is 7.48. The largest absolute Gasteiger partial charge is 0.420 e. The van der Waals surface area contributed by atoms with Gasteiger partial charge < -0.3 is 9.73 Å². The van der Waals surface area contributed by atoms with Crippen LogP contribution >= 0.6 is 0 Å². The van der Waals surface area contributed by atoms with Gasteiger partial charge in [-0.05, 0) is 18.2 Å². The van der Waals surface area contributed by atoms with Crippen molar-refractivity contribution in [3.05, 3.63) is 63.1 Å². The summed E-state index contributed by atoms with van der Waals surface area (Å²) in [5, 5.41) is 13.3. The SMILES string of the molecule is CN(C)S(=O)(=O)c1ccccc1NC(=O)Cn1c(=O)oc2cc([N+](=O)[O-])ccc21. The lowest BCUT2D eigenvalue weighted by molar-refractivity contribution is -0.384. The molecule has 0 aliphatic carbocycles. The van der Waals surface area contributed by atoms with Gasteiger partial charge in [0, 0.05) is 20.2 Å². The van der Waals surface area contributed by atoms with E-state index in [1.54, 1.807) is 6.07 Å². The molecular weight excluding hydrogens is 404 g/mol. The van der Waals surface area contributed by atoms with Gasteiger partial charge in [0.05, 0.1) is 22.2 Å². The summed E-state index contributed by atoms with van der Waals surface area (Å²) in [6.07, 6.45) is 0. The molecule has 0 atom stereocenters. The number of nitro groups is 1. The van der Waals surface area contributed by atoms with E-state index in [0.717, 1.165) is 14.9 Å². The number of non-ortho nitro benzene ring substituents is 1. The summed E-state index contributed by atoms with van der Waals surface area (Å²) in [6.45, 7) is -0.472. The first-order chi connectivity index (χ1) is 13.6. The van der Waals surface area contributed by atoms with Crippen LogP contribution in [0.25, 0.3) is 11.1 Å². The van der Waals surface area contributed by atoms with Crippen molar-refractivity contribution in [1.29, 1.82) is 0 Å². The lowest BCUT2D eigenvalue weighted by Gasteiger charge is -2.15. The van der Waals surface area contributed by atoms with E-state index in [1.807, 2.05) is 0 Å². The molecule has 0 saturated heterocycles. The highest BCUT2D eigenvalue weighted by Gasteiger charge is 2.22. The summed E-state index contributed by atoms with van der Waals surface area (Å²) >= 11 is 0. The van der Waals surface area contributed by atoms with Crippen LogP contribution in [-0.2, 0) is 21.4 Å². The summed E-state index contributed by atoms with van der Waals surface area (Å²) in [6, 6.07) is 9.43. The smallest absolute Gasteiger partial charge is 0.407 e. The number of oxazole rings is 1. The van der Waals surface area contributed by atoms with Crippen LogP contribution in [0.1, 0.15) is 0 Å². The molecule has 0 aliphatic rings. The fourth-order valence-corrected chi connectivity index (χ4v) is 3.68. The number of rotatable bonds is 6. The van der Waals surface area contributed by atoms with Gasteiger partial charge in [-0.15, -0.1) is 0 Å². The highest BCUT2D eigenvalue weighted by atomic mass is 32.2. The summed E-state index contributed by atoms with van der Waals surface area (Å²) in [5.41, 5.74) is -0.0362. The Morgan fingerprint density at radius 2 is 1.93 bits per heavy atom. The molecule has 29 heavy (non-hydrogen) atoms. The maximum atomic E-state index is 12.5. The Bertz CT molecular complexity index is 1270. The lowest BCUT2D eigenvalue weighted by atomic mass is 10.3. The van der Waals surface area contributed by atoms with Gasteiger partial charge in [0.2, 0.25) is 15.9 Å². The molecular formula is C17H16N4O7S. The zero-order chi connectivity index (χ0) is 21.3. The number of carbonyl (C=O) groups excluding carboxylic acids is 1. The number of nitro benzene ring substituents is 1. The predicted octanol–water partition coefficient (Wildman–Crippen LogP) is 1.39. The second-order valence-corrected chi connectivity index (χ2v) is 8.32. The van der Waals surface area contributed by atoms with E-state index < -0.39 is 33.2 Å². The number of hydrogen-bond acceptors (Lipinski definition) is 7.